The van der Waals surface area contributed by atoms with Crippen molar-refractivity contribution in [1.29, 1.82) is 0 Å². The number of hydrogen-bond donors (Lipinski definition) is 1. The van der Waals surface area contributed by atoms with Gasteiger partial charge in [-0.05, 0) is 48.9 Å². The van der Waals surface area contributed by atoms with Crippen molar-refractivity contribution in [3.05, 3.63) is 29.1 Å². The predicted molar refractivity (Wildman–Crippen MR) is 69.3 cm³/mol. The molecule has 1 fully saturated rings. The number of fused-ring (bicyclic) bond motifs is 1. The first-order valence-electron chi connectivity index (χ1n) is 5.72. The maximum atomic E-state index is 11.9. The van der Waals surface area contributed by atoms with Gasteiger partial charge in [0.05, 0.1) is 0 Å². The molecule has 4 heteroatoms. The van der Waals surface area contributed by atoms with Crippen molar-refractivity contribution in [2.24, 2.45) is 0 Å². The second kappa shape index (κ2) is 4.04. The number of carbonyl (C=O) groups is 1. The van der Waals surface area contributed by atoms with Crippen molar-refractivity contribution in [3.8, 4) is 0 Å². The molecular weight excluding hydrogens is 234 g/mol. The molecule has 3 rings (SSSR count). The van der Waals surface area contributed by atoms with Gasteiger partial charge in [0.2, 0.25) is 0 Å². The molecule has 1 aromatic carbocycles. The van der Waals surface area contributed by atoms with Crippen LogP contribution in [0.1, 0.15) is 28.9 Å². The zero-order valence-electron chi connectivity index (χ0n) is 9.31. The van der Waals surface area contributed by atoms with Gasteiger partial charge in [0.15, 0.2) is 0 Å². The highest BCUT2D eigenvalue weighted by atomic mass is 32.1. The number of thiophene rings is 1. The highest BCUT2D eigenvalue weighted by Crippen LogP contribution is 2.29. The molecular formula is C13H13NO2S. The summed E-state index contributed by atoms with van der Waals surface area (Å²) in [6.45, 7) is 0. The van der Waals surface area contributed by atoms with Crippen molar-refractivity contribution >= 4 is 33.1 Å². The van der Waals surface area contributed by atoms with Crippen LogP contribution in [0, 0.1) is 0 Å². The largest absolute Gasteiger partial charge is 0.458 e. The highest BCUT2D eigenvalue weighted by Gasteiger charge is 2.23. The summed E-state index contributed by atoms with van der Waals surface area (Å²) >= 11 is 1.46. The monoisotopic (exact) mass is 247 g/mol. The number of nitrogen functional groups attached to an aromatic ring is 1. The fourth-order valence-corrected chi connectivity index (χ4v) is 2.79. The highest BCUT2D eigenvalue weighted by molar-refractivity contribution is 7.20. The SMILES string of the molecule is Nc1ccc2sc(C(=O)OC3CCC3)cc2c1. The van der Waals surface area contributed by atoms with E-state index >= 15 is 0 Å². The smallest absolute Gasteiger partial charge is 0.348 e. The number of benzene rings is 1. The third-order valence-corrected chi connectivity index (χ3v) is 4.16. The molecule has 1 saturated carbocycles. The van der Waals surface area contributed by atoms with Crippen LogP contribution in [0.2, 0.25) is 0 Å². The summed E-state index contributed by atoms with van der Waals surface area (Å²) in [6.07, 6.45) is 3.31. The molecule has 0 amide bonds. The molecule has 0 radical (unpaired) electrons. The van der Waals surface area contributed by atoms with Gasteiger partial charge in [0.1, 0.15) is 11.0 Å². The van der Waals surface area contributed by atoms with Crippen LogP contribution < -0.4 is 5.73 Å². The van der Waals surface area contributed by atoms with Crippen molar-refractivity contribution in [1.82, 2.24) is 0 Å². The van der Waals surface area contributed by atoms with Crippen molar-refractivity contribution < 1.29 is 9.53 Å². The number of rotatable bonds is 2. The molecule has 2 N–H and O–H groups in total. The van der Waals surface area contributed by atoms with Gasteiger partial charge < -0.3 is 10.5 Å². The lowest BCUT2D eigenvalue weighted by Crippen LogP contribution is -2.24. The zero-order valence-corrected chi connectivity index (χ0v) is 10.1. The number of esters is 1. The summed E-state index contributed by atoms with van der Waals surface area (Å²) < 4.78 is 6.44. The van der Waals surface area contributed by atoms with E-state index in [-0.39, 0.29) is 12.1 Å². The zero-order chi connectivity index (χ0) is 11.8. The van der Waals surface area contributed by atoms with Gasteiger partial charge >= 0.3 is 5.97 Å². The molecule has 0 spiro atoms. The molecule has 17 heavy (non-hydrogen) atoms. The third-order valence-electron chi connectivity index (χ3n) is 3.07. The van der Waals surface area contributed by atoms with Gasteiger partial charge in [-0.15, -0.1) is 11.3 Å². The van der Waals surface area contributed by atoms with Crippen LogP contribution in [-0.4, -0.2) is 12.1 Å². The fourth-order valence-electron chi connectivity index (χ4n) is 1.86. The van der Waals surface area contributed by atoms with Crippen LogP contribution in [0.25, 0.3) is 10.1 Å². The van der Waals surface area contributed by atoms with Crippen molar-refractivity contribution in [2.45, 2.75) is 25.4 Å². The van der Waals surface area contributed by atoms with Gasteiger partial charge in [0.25, 0.3) is 0 Å². The van der Waals surface area contributed by atoms with Crippen molar-refractivity contribution in [2.75, 3.05) is 5.73 Å². The van der Waals surface area contributed by atoms with E-state index in [9.17, 15) is 4.79 Å². The summed E-state index contributed by atoms with van der Waals surface area (Å²) in [6, 6.07) is 7.53. The molecule has 0 saturated heterocycles. The summed E-state index contributed by atoms with van der Waals surface area (Å²) in [5, 5.41) is 1.01. The minimum atomic E-state index is -0.200. The standard InChI is InChI=1S/C13H13NO2S/c14-9-4-5-11-8(6-9)7-12(17-11)13(15)16-10-2-1-3-10/h4-7,10H,1-3,14H2. The molecule has 1 aliphatic rings. The van der Waals surface area contributed by atoms with Gasteiger partial charge in [-0.2, -0.15) is 0 Å². The Morgan fingerprint density at radius 1 is 1.35 bits per heavy atom. The Hall–Kier alpha value is -1.55. The van der Waals surface area contributed by atoms with E-state index < -0.39 is 0 Å². The average molecular weight is 247 g/mol. The molecule has 1 heterocycles. The number of anilines is 1. The summed E-state index contributed by atoms with van der Waals surface area (Å²) in [4.78, 5) is 12.5. The molecule has 3 nitrogen and oxygen atoms in total. The molecule has 0 bridgehead atoms. The van der Waals surface area contributed by atoms with Gasteiger partial charge in [-0.25, -0.2) is 4.79 Å². The second-order valence-electron chi connectivity index (χ2n) is 4.37. The molecule has 0 aliphatic heterocycles. The maximum Gasteiger partial charge on any atom is 0.348 e. The van der Waals surface area contributed by atoms with Crippen LogP contribution in [0.15, 0.2) is 24.3 Å². The Balaban J connectivity index is 1.86. The molecule has 0 unspecified atom stereocenters. The Morgan fingerprint density at radius 2 is 2.18 bits per heavy atom. The quantitative estimate of drug-likeness (QED) is 0.655. The molecule has 1 aliphatic carbocycles. The number of hydrogen-bond acceptors (Lipinski definition) is 4. The number of ether oxygens (including phenoxy) is 1. The third kappa shape index (κ3) is 2.00. The van der Waals surface area contributed by atoms with Crippen molar-refractivity contribution in [3.63, 3.8) is 0 Å². The molecule has 2 aromatic rings. The molecule has 88 valence electrons. The number of nitrogens with two attached hydrogens (primary N) is 1. The van der Waals surface area contributed by atoms with Crippen LogP contribution in [0.3, 0.4) is 0 Å². The Kier molecular flexibility index (Phi) is 2.52. The molecule has 0 atom stereocenters. The normalized spacial score (nSPS) is 15.8. The average Bonchev–Trinajstić information content (AvgIpc) is 2.65. The van der Waals surface area contributed by atoms with Crippen LogP contribution in [0.5, 0.6) is 0 Å². The maximum absolute atomic E-state index is 11.9. The predicted octanol–water partition coefficient (Wildman–Crippen LogP) is 3.19. The van der Waals surface area contributed by atoms with E-state index in [1.807, 2.05) is 24.3 Å². The Labute approximate surface area is 103 Å². The van der Waals surface area contributed by atoms with E-state index in [0.29, 0.717) is 10.6 Å². The van der Waals surface area contributed by atoms with Gasteiger partial charge in [-0.3, -0.25) is 0 Å². The summed E-state index contributed by atoms with van der Waals surface area (Å²) in [5.41, 5.74) is 6.43. The number of carbonyl (C=O) groups excluding carboxylic acids is 1. The van der Waals surface area contributed by atoms with Gasteiger partial charge in [-0.1, -0.05) is 0 Å². The van der Waals surface area contributed by atoms with E-state index in [1.165, 1.54) is 17.8 Å². The Morgan fingerprint density at radius 3 is 2.88 bits per heavy atom. The minimum Gasteiger partial charge on any atom is -0.458 e. The van der Waals surface area contributed by atoms with Crippen LogP contribution in [0.4, 0.5) is 5.69 Å². The van der Waals surface area contributed by atoms with E-state index in [1.54, 1.807) is 0 Å². The first-order valence-corrected chi connectivity index (χ1v) is 6.54. The van der Waals surface area contributed by atoms with E-state index in [2.05, 4.69) is 0 Å². The summed E-state index contributed by atoms with van der Waals surface area (Å²) in [5.74, 6) is -0.200. The van der Waals surface area contributed by atoms with Crippen LogP contribution in [-0.2, 0) is 4.74 Å². The lowest BCUT2D eigenvalue weighted by molar-refractivity contribution is 0.00956. The lowest BCUT2D eigenvalue weighted by Gasteiger charge is -2.24. The lowest BCUT2D eigenvalue weighted by atomic mass is 9.96. The second-order valence-corrected chi connectivity index (χ2v) is 5.45. The van der Waals surface area contributed by atoms with E-state index in [0.717, 1.165) is 22.9 Å². The summed E-state index contributed by atoms with van der Waals surface area (Å²) in [7, 11) is 0. The Bertz CT molecular complexity index is 572. The van der Waals surface area contributed by atoms with E-state index in [4.69, 9.17) is 10.5 Å². The first kappa shape index (κ1) is 10.6. The minimum absolute atomic E-state index is 0.137. The topological polar surface area (TPSA) is 52.3 Å². The fraction of sp³-hybridized carbons (Fsp3) is 0.308. The van der Waals surface area contributed by atoms with Crippen LogP contribution >= 0.6 is 11.3 Å². The first-order chi connectivity index (χ1) is 8.22. The molecule has 1 aromatic heterocycles. The van der Waals surface area contributed by atoms with Gasteiger partial charge in [0, 0.05) is 10.4 Å².